The van der Waals surface area contributed by atoms with Gasteiger partial charge in [0, 0.05) is 23.7 Å². The Bertz CT molecular complexity index is 1230. The molecule has 3 aromatic carbocycles. The molecule has 178 valence electrons. The van der Waals surface area contributed by atoms with Crippen LogP contribution in [0.25, 0.3) is 11.3 Å². The average Bonchev–Trinajstić information content (AvgIpc) is 3.34. The van der Waals surface area contributed by atoms with Gasteiger partial charge in [-0.25, -0.2) is 9.78 Å². The Hall–Kier alpha value is -2.93. The van der Waals surface area contributed by atoms with Crippen LogP contribution < -0.4 is 0 Å². The predicted octanol–water partition coefficient (Wildman–Crippen LogP) is 6.91. The minimum atomic E-state index is -0.333. The second-order valence-corrected chi connectivity index (χ2v) is 10.6. The van der Waals surface area contributed by atoms with Gasteiger partial charge in [-0.3, -0.25) is 0 Å². The third-order valence-corrected chi connectivity index (χ3v) is 8.47. The summed E-state index contributed by atoms with van der Waals surface area (Å²) in [5.74, 6) is 0.822. The Balaban J connectivity index is 1.40. The van der Waals surface area contributed by atoms with Gasteiger partial charge in [-0.15, -0.1) is 11.3 Å². The van der Waals surface area contributed by atoms with Crippen LogP contribution in [0.5, 0.6) is 0 Å². The highest BCUT2D eigenvalue weighted by Crippen LogP contribution is 2.45. The van der Waals surface area contributed by atoms with Crippen molar-refractivity contribution in [2.45, 2.75) is 29.7 Å². The van der Waals surface area contributed by atoms with Gasteiger partial charge in [0.25, 0.3) is 0 Å². The van der Waals surface area contributed by atoms with Crippen molar-refractivity contribution in [2.75, 3.05) is 19.0 Å². The number of thiazole rings is 1. The summed E-state index contributed by atoms with van der Waals surface area (Å²) in [5.41, 5.74) is 5.93. The van der Waals surface area contributed by atoms with Crippen molar-refractivity contribution >= 4 is 29.1 Å². The van der Waals surface area contributed by atoms with Crippen LogP contribution in [0.3, 0.4) is 0 Å². The van der Waals surface area contributed by atoms with Crippen LogP contribution in [0.4, 0.5) is 0 Å². The van der Waals surface area contributed by atoms with Gasteiger partial charge in [0.1, 0.15) is 6.61 Å². The fourth-order valence-corrected chi connectivity index (χ4v) is 6.84. The number of ether oxygens (including phenoxy) is 2. The first kappa shape index (κ1) is 23.8. The molecule has 1 aromatic heterocycles. The van der Waals surface area contributed by atoms with E-state index < -0.39 is 0 Å². The molecule has 0 fully saturated rings. The summed E-state index contributed by atoms with van der Waals surface area (Å²) in [4.78, 5) is 18.1. The lowest BCUT2D eigenvalue weighted by molar-refractivity contribution is -0.150. The minimum absolute atomic E-state index is 0.0510. The SMILES string of the molecule is CCOC(=O)COC1Cc2ccccc2-c2nc(SCC(c3ccccc3)c3ccccc3)sc21. The molecule has 1 atom stereocenters. The van der Waals surface area contributed by atoms with Crippen LogP contribution in [0.2, 0.25) is 0 Å². The molecule has 4 aromatic rings. The molecule has 1 heterocycles. The normalized spacial score (nSPS) is 14.4. The molecule has 0 bridgehead atoms. The first-order chi connectivity index (χ1) is 17.2. The van der Waals surface area contributed by atoms with Crippen molar-refractivity contribution in [1.29, 1.82) is 0 Å². The quantitative estimate of drug-likeness (QED) is 0.184. The summed E-state index contributed by atoms with van der Waals surface area (Å²) >= 11 is 3.46. The molecular formula is C29H27NO3S2. The van der Waals surface area contributed by atoms with E-state index in [-0.39, 0.29) is 24.6 Å². The Morgan fingerprint density at radius 1 is 1.00 bits per heavy atom. The largest absolute Gasteiger partial charge is 0.464 e. The first-order valence-electron chi connectivity index (χ1n) is 11.8. The van der Waals surface area contributed by atoms with Gasteiger partial charge >= 0.3 is 5.97 Å². The van der Waals surface area contributed by atoms with Crippen molar-refractivity contribution in [2.24, 2.45) is 0 Å². The topological polar surface area (TPSA) is 48.4 Å². The molecule has 1 unspecified atom stereocenters. The molecule has 0 amide bonds. The lowest BCUT2D eigenvalue weighted by Gasteiger charge is -2.23. The Kier molecular flexibility index (Phi) is 7.62. The molecule has 0 radical (unpaired) electrons. The monoisotopic (exact) mass is 501 g/mol. The lowest BCUT2D eigenvalue weighted by Crippen LogP contribution is -2.19. The summed E-state index contributed by atoms with van der Waals surface area (Å²) in [5, 5.41) is 0. The van der Waals surface area contributed by atoms with Crippen molar-refractivity contribution in [3.05, 3.63) is 106 Å². The van der Waals surface area contributed by atoms with Crippen molar-refractivity contribution in [1.82, 2.24) is 4.98 Å². The second-order valence-electron chi connectivity index (χ2n) is 8.34. The summed E-state index contributed by atoms with van der Waals surface area (Å²) in [6.07, 6.45) is 0.529. The molecule has 0 aliphatic heterocycles. The van der Waals surface area contributed by atoms with Gasteiger partial charge in [0.15, 0.2) is 4.34 Å². The summed E-state index contributed by atoms with van der Waals surface area (Å²) < 4.78 is 12.1. The van der Waals surface area contributed by atoms with Crippen LogP contribution in [0.1, 0.15) is 40.5 Å². The van der Waals surface area contributed by atoms with E-state index in [9.17, 15) is 4.79 Å². The lowest BCUT2D eigenvalue weighted by atomic mass is 9.92. The number of esters is 1. The van der Waals surface area contributed by atoms with Gasteiger partial charge in [-0.2, -0.15) is 0 Å². The zero-order valence-corrected chi connectivity index (χ0v) is 21.2. The van der Waals surface area contributed by atoms with Crippen LogP contribution in [-0.2, 0) is 20.7 Å². The third kappa shape index (κ3) is 5.50. The Morgan fingerprint density at radius 2 is 1.66 bits per heavy atom. The molecular weight excluding hydrogens is 474 g/mol. The smallest absolute Gasteiger partial charge is 0.332 e. The number of hydrogen-bond donors (Lipinski definition) is 0. The number of carbonyl (C=O) groups is 1. The number of thioether (sulfide) groups is 1. The highest BCUT2D eigenvalue weighted by atomic mass is 32.2. The van der Waals surface area contributed by atoms with E-state index in [4.69, 9.17) is 14.5 Å². The standard InChI is InChI=1S/C29H27NO3S2/c1-2-32-26(31)18-33-25-17-22-15-9-10-16-23(22)27-28(25)35-29(30-27)34-19-24(20-11-5-3-6-12-20)21-13-7-4-8-14-21/h3-16,24-25H,2,17-19H2,1H3. The van der Waals surface area contributed by atoms with Gasteiger partial charge in [0.2, 0.25) is 0 Å². The molecule has 0 saturated carbocycles. The number of hydrogen-bond acceptors (Lipinski definition) is 6. The van der Waals surface area contributed by atoms with Gasteiger partial charge in [-0.05, 0) is 23.6 Å². The first-order valence-corrected chi connectivity index (χ1v) is 13.6. The van der Waals surface area contributed by atoms with E-state index in [0.717, 1.165) is 32.6 Å². The number of rotatable bonds is 9. The Labute approximate surface area is 214 Å². The van der Waals surface area contributed by atoms with E-state index in [1.165, 1.54) is 16.7 Å². The zero-order valence-electron chi connectivity index (χ0n) is 19.6. The molecule has 0 N–H and O–H groups in total. The summed E-state index contributed by atoms with van der Waals surface area (Å²) in [6.45, 7) is 2.11. The van der Waals surface area contributed by atoms with E-state index >= 15 is 0 Å². The molecule has 0 saturated heterocycles. The predicted molar refractivity (Wildman–Crippen MR) is 142 cm³/mol. The molecule has 4 nitrogen and oxygen atoms in total. The summed E-state index contributed by atoms with van der Waals surface area (Å²) in [7, 11) is 0. The fraction of sp³-hybridized carbons (Fsp3) is 0.241. The Morgan fingerprint density at radius 3 is 2.34 bits per heavy atom. The number of carbonyl (C=O) groups excluding carboxylic acids is 1. The summed E-state index contributed by atoms with van der Waals surface area (Å²) in [6, 6.07) is 29.6. The third-order valence-electron chi connectivity index (χ3n) is 6.09. The molecule has 35 heavy (non-hydrogen) atoms. The van der Waals surface area contributed by atoms with Gasteiger partial charge < -0.3 is 9.47 Å². The van der Waals surface area contributed by atoms with Crippen LogP contribution in [-0.4, -0.2) is 29.9 Å². The minimum Gasteiger partial charge on any atom is -0.464 e. The number of nitrogens with zero attached hydrogens (tertiary/aromatic N) is 1. The van der Waals surface area contributed by atoms with Crippen molar-refractivity contribution < 1.29 is 14.3 Å². The van der Waals surface area contributed by atoms with E-state index in [1.807, 2.05) is 6.07 Å². The highest BCUT2D eigenvalue weighted by molar-refractivity contribution is 8.01. The van der Waals surface area contributed by atoms with Crippen LogP contribution >= 0.6 is 23.1 Å². The molecule has 0 spiro atoms. The molecule has 5 rings (SSSR count). The second kappa shape index (κ2) is 11.2. The maximum atomic E-state index is 11.9. The van der Waals surface area contributed by atoms with Crippen molar-refractivity contribution in [3.8, 4) is 11.3 Å². The molecule has 6 heteroatoms. The number of aromatic nitrogens is 1. The average molecular weight is 502 g/mol. The maximum absolute atomic E-state index is 11.9. The molecule has 1 aliphatic rings. The fourth-order valence-electron chi connectivity index (χ4n) is 4.42. The molecule has 1 aliphatic carbocycles. The van der Waals surface area contributed by atoms with E-state index in [0.29, 0.717) is 6.61 Å². The van der Waals surface area contributed by atoms with E-state index in [2.05, 4.69) is 78.9 Å². The van der Waals surface area contributed by atoms with Gasteiger partial charge in [-0.1, -0.05) is 96.7 Å². The highest BCUT2D eigenvalue weighted by Gasteiger charge is 2.30. The number of fused-ring (bicyclic) bond motifs is 3. The maximum Gasteiger partial charge on any atom is 0.332 e. The zero-order chi connectivity index (χ0) is 24.0. The van der Waals surface area contributed by atoms with Crippen LogP contribution in [0, 0.1) is 0 Å². The number of benzene rings is 3. The van der Waals surface area contributed by atoms with Crippen molar-refractivity contribution in [3.63, 3.8) is 0 Å². The van der Waals surface area contributed by atoms with Gasteiger partial charge in [0.05, 0.1) is 23.3 Å². The van der Waals surface area contributed by atoms with E-state index in [1.54, 1.807) is 30.0 Å². The van der Waals surface area contributed by atoms with Crippen LogP contribution in [0.15, 0.2) is 89.3 Å².